The highest BCUT2D eigenvalue weighted by Gasteiger charge is 2.34. The molecule has 8 nitrogen and oxygen atoms in total. The highest BCUT2D eigenvalue weighted by molar-refractivity contribution is 6.31. The molecule has 2 aromatic carbocycles. The van der Waals surface area contributed by atoms with Crippen LogP contribution < -0.4 is 15.3 Å². The zero-order valence-electron chi connectivity index (χ0n) is 18.6. The SMILES string of the molecule is COc1ccccc1C(C(=O)N1CCN(c2ccncc2)CC1)n1c(=O)[nH]c2ccc(Cl)cc21. The minimum atomic E-state index is -0.900. The molecule has 1 N–H and O–H groups in total. The molecule has 174 valence electrons. The van der Waals surface area contributed by atoms with Crippen LogP contribution in [0, 0.1) is 0 Å². The first kappa shape index (κ1) is 22.0. The number of hydrogen-bond donors (Lipinski definition) is 1. The number of amides is 1. The minimum absolute atomic E-state index is 0.165. The van der Waals surface area contributed by atoms with Gasteiger partial charge in [-0.1, -0.05) is 29.8 Å². The molecular weight excluding hydrogens is 454 g/mol. The van der Waals surface area contributed by atoms with Gasteiger partial charge in [0.2, 0.25) is 0 Å². The molecule has 1 saturated heterocycles. The topological polar surface area (TPSA) is 83.5 Å². The monoisotopic (exact) mass is 477 g/mol. The van der Waals surface area contributed by atoms with E-state index in [1.54, 1.807) is 43.8 Å². The first-order valence-corrected chi connectivity index (χ1v) is 11.4. The van der Waals surface area contributed by atoms with Gasteiger partial charge in [0, 0.05) is 54.8 Å². The molecule has 0 aliphatic carbocycles. The molecule has 2 aromatic heterocycles. The van der Waals surface area contributed by atoms with Crippen LogP contribution >= 0.6 is 11.6 Å². The third-order valence-electron chi connectivity index (χ3n) is 6.22. The maximum atomic E-state index is 14.0. The molecule has 1 amide bonds. The average Bonchev–Trinajstić information content (AvgIpc) is 3.20. The largest absolute Gasteiger partial charge is 0.496 e. The van der Waals surface area contributed by atoms with Crippen LogP contribution in [0.15, 0.2) is 71.8 Å². The molecule has 34 heavy (non-hydrogen) atoms. The number of piperazine rings is 1. The number of nitrogens with one attached hydrogen (secondary N) is 1. The van der Waals surface area contributed by atoms with E-state index >= 15 is 0 Å². The quantitative estimate of drug-likeness (QED) is 0.476. The number of hydrogen-bond acceptors (Lipinski definition) is 5. The molecule has 1 aliphatic rings. The van der Waals surface area contributed by atoms with Crippen LogP contribution in [0.1, 0.15) is 11.6 Å². The van der Waals surface area contributed by atoms with E-state index in [-0.39, 0.29) is 11.6 Å². The van der Waals surface area contributed by atoms with E-state index in [0.29, 0.717) is 53.5 Å². The van der Waals surface area contributed by atoms with E-state index in [0.717, 1.165) is 5.69 Å². The van der Waals surface area contributed by atoms with E-state index < -0.39 is 6.04 Å². The van der Waals surface area contributed by atoms with Crippen molar-refractivity contribution in [2.75, 3.05) is 38.2 Å². The van der Waals surface area contributed by atoms with E-state index in [2.05, 4.69) is 14.9 Å². The smallest absolute Gasteiger partial charge is 0.327 e. The maximum absolute atomic E-state index is 14.0. The van der Waals surface area contributed by atoms with Crippen molar-refractivity contribution in [2.45, 2.75) is 6.04 Å². The average molecular weight is 478 g/mol. The molecule has 3 heterocycles. The van der Waals surface area contributed by atoms with Crippen molar-refractivity contribution in [2.24, 2.45) is 0 Å². The zero-order valence-corrected chi connectivity index (χ0v) is 19.4. The number of imidazole rings is 1. The molecule has 1 aliphatic heterocycles. The Morgan fingerprint density at radius 2 is 1.79 bits per heavy atom. The van der Waals surface area contributed by atoms with Crippen molar-refractivity contribution in [3.63, 3.8) is 0 Å². The van der Waals surface area contributed by atoms with Gasteiger partial charge in [-0.3, -0.25) is 14.3 Å². The predicted molar refractivity (Wildman–Crippen MR) is 132 cm³/mol. The fourth-order valence-corrected chi connectivity index (χ4v) is 4.71. The Hall–Kier alpha value is -3.78. The van der Waals surface area contributed by atoms with E-state index in [1.165, 1.54) is 4.57 Å². The zero-order chi connectivity index (χ0) is 23.7. The first-order chi connectivity index (χ1) is 16.6. The summed E-state index contributed by atoms with van der Waals surface area (Å²) in [5.41, 5.74) is 2.50. The van der Waals surface area contributed by atoms with Crippen molar-refractivity contribution in [1.29, 1.82) is 0 Å². The van der Waals surface area contributed by atoms with Crippen LogP contribution in [0.2, 0.25) is 5.02 Å². The normalized spacial score (nSPS) is 14.9. The minimum Gasteiger partial charge on any atom is -0.496 e. The Labute approximate surface area is 201 Å². The molecule has 0 spiro atoms. The van der Waals surface area contributed by atoms with Gasteiger partial charge in [-0.2, -0.15) is 0 Å². The number of anilines is 1. The lowest BCUT2D eigenvalue weighted by molar-refractivity contribution is -0.133. The predicted octanol–water partition coefficient (Wildman–Crippen LogP) is 3.32. The molecule has 1 atom stereocenters. The number of ether oxygens (including phenoxy) is 1. The molecule has 0 bridgehead atoms. The molecule has 1 unspecified atom stereocenters. The lowest BCUT2D eigenvalue weighted by Gasteiger charge is -2.37. The van der Waals surface area contributed by atoms with Crippen LogP contribution in [-0.4, -0.2) is 58.6 Å². The number of carbonyl (C=O) groups excluding carboxylic acids is 1. The van der Waals surface area contributed by atoms with Crippen molar-refractivity contribution in [3.8, 4) is 5.75 Å². The van der Waals surface area contributed by atoms with E-state index in [1.807, 2.05) is 35.2 Å². The van der Waals surface area contributed by atoms with Gasteiger partial charge in [0.1, 0.15) is 11.8 Å². The third-order valence-corrected chi connectivity index (χ3v) is 6.46. The second kappa shape index (κ2) is 9.23. The number of fused-ring (bicyclic) bond motifs is 1. The summed E-state index contributed by atoms with van der Waals surface area (Å²) < 4.78 is 7.06. The van der Waals surface area contributed by atoms with Gasteiger partial charge in [0.15, 0.2) is 0 Å². The molecular formula is C25H24ClN5O3. The van der Waals surface area contributed by atoms with Crippen molar-refractivity contribution >= 4 is 34.2 Å². The second-order valence-electron chi connectivity index (χ2n) is 8.12. The molecule has 9 heteroatoms. The standard InChI is InChI=1S/C25H24ClN5O3/c1-34-22-5-3-2-4-19(22)23(31-21-16-17(26)6-7-20(21)28-25(31)33)24(32)30-14-12-29(13-15-30)18-8-10-27-11-9-18/h2-11,16,23H,12-15H2,1H3,(H,28,33). The van der Waals surface area contributed by atoms with Crippen LogP contribution in [0.5, 0.6) is 5.75 Å². The number of rotatable bonds is 5. The molecule has 1 fully saturated rings. The highest BCUT2D eigenvalue weighted by Crippen LogP contribution is 2.32. The van der Waals surface area contributed by atoms with E-state index in [4.69, 9.17) is 16.3 Å². The maximum Gasteiger partial charge on any atom is 0.327 e. The van der Waals surface area contributed by atoms with Crippen LogP contribution in [0.4, 0.5) is 5.69 Å². The lowest BCUT2D eigenvalue weighted by atomic mass is 10.0. The number of methoxy groups -OCH3 is 1. The summed E-state index contributed by atoms with van der Waals surface area (Å²) in [7, 11) is 1.56. The van der Waals surface area contributed by atoms with Gasteiger partial charge >= 0.3 is 5.69 Å². The molecule has 0 saturated carbocycles. The first-order valence-electron chi connectivity index (χ1n) is 11.0. The fraction of sp³-hybridized carbons (Fsp3) is 0.240. The molecule has 0 radical (unpaired) electrons. The van der Waals surface area contributed by atoms with Crippen molar-refractivity contribution in [3.05, 3.63) is 88.1 Å². The van der Waals surface area contributed by atoms with Gasteiger partial charge in [-0.15, -0.1) is 0 Å². The van der Waals surface area contributed by atoms with Gasteiger partial charge in [0.25, 0.3) is 5.91 Å². The fourth-order valence-electron chi connectivity index (χ4n) is 4.54. The number of carbonyl (C=O) groups is 1. The number of benzene rings is 2. The summed E-state index contributed by atoms with van der Waals surface area (Å²) in [5, 5.41) is 0.484. The summed E-state index contributed by atoms with van der Waals surface area (Å²) >= 11 is 6.25. The Morgan fingerprint density at radius 3 is 2.53 bits per heavy atom. The number of H-pyrrole nitrogens is 1. The second-order valence-corrected chi connectivity index (χ2v) is 8.56. The van der Waals surface area contributed by atoms with Crippen LogP contribution in [0.25, 0.3) is 11.0 Å². The van der Waals surface area contributed by atoms with Crippen molar-refractivity contribution < 1.29 is 9.53 Å². The Bertz CT molecular complexity index is 1380. The summed E-state index contributed by atoms with van der Waals surface area (Å²) in [6.07, 6.45) is 3.53. The molecule has 4 aromatic rings. The number of aromatic amines is 1. The Balaban J connectivity index is 1.54. The number of para-hydroxylation sites is 1. The van der Waals surface area contributed by atoms with Crippen LogP contribution in [0.3, 0.4) is 0 Å². The van der Waals surface area contributed by atoms with E-state index in [9.17, 15) is 9.59 Å². The Morgan fingerprint density at radius 1 is 1.06 bits per heavy atom. The van der Waals surface area contributed by atoms with Gasteiger partial charge < -0.3 is 19.5 Å². The Kier molecular flexibility index (Phi) is 5.98. The number of nitrogens with zero attached hydrogens (tertiary/aromatic N) is 4. The number of pyridine rings is 1. The van der Waals surface area contributed by atoms with Gasteiger partial charge in [0.05, 0.1) is 18.1 Å². The summed E-state index contributed by atoms with van der Waals surface area (Å²) in [6, 6.07) is 15.5. The summed E-state index contributed by atoms with van der Waals surface area (Å²) in [5.74, 6) is 0.376. The van der Waals surface area contributed by atoms with Crippen molar-refractivity contribution in [1.82, 2.24) is 19.4 Å². The van der Waals surface area contributed by atoms with Gasteiger partial charge in [-0.05, 0) is 36.4 Å². The summed E-state index contributed by atoms with van der Waals surface area (Å²) in [4.78, 5) is 38.1. The number of aromatic nitrogens is 3. The third kappa shape index (κ3) is 4.01. The van der Waals surface area contributed by atoms with Gasteiger partial charge in [-0.25, -0.2) is 4.79 Å². The van der Waals surface area contributed by atoms with Crippen LogP contribution in [-0.2, 0) is 4.79 Å². The molecule has 5 rings (SSSR count). The number of halogens is 1. The lowest BCUT2D eigenvalue weighted by Crippen LogP contribution is -2.51. The highest BCUT2D eigenvalue weighted by atomic mass is 35.5. The summed E-state index contributed by atoms with van der Waals surface area (Å²) in [6.45, 7) is 2.43.